The average molecular weight is 262 g/mol. The number of anilines is 1. The molecule has 100 valence electrons. The highest BCUT2D eigenvalue weighted by atomic mass is 19.1. The van der Waals surface area contributed by atoms with E-state index in [0.29, 0.717) is 13.1 Å². The first-order valence-electron chi connectivity index (χ1n) is 5.92. The molecule has 0 saturated heterocycles. The highest BCUT2D eigenvalue weighted by Crippen LogP contribution is 2.15. The second-order valence-electron chi connectivity index (χ2n) is 4.16. The second-order valence-corrected chi connectivity index (χ2v) is 4.16. The second kappa shape index (κ2) is 5.99. The van der Waals surface area contributed by atoms with Gasteiger partial charge in [-0.3, -0.25) is 0 Å². The average Bonchev–Trinajstić information content (AvgIpc) is 2.87. The number of nitrogens with zero attached hydrogens (tertiary/aromatic N) is 2. The Balaban J connectivity index is 1.82. The molecule has 1 aromatic heterocycles. The van der Waals surface area contributed by atoms with Crippen LogP contribution >= 0.6 is 0 Å². The molecule has 5 nitrogen and oxygen atoms in total. The van der Waals surface area contributed by atoms with Crippen LogP contribution in [0.25, 0.3) is 0 Å². The van der Waals surface area contributed by atoms with Crippen LogP contribution in [0, 0.1) is 12.7 Å². The molecule has 2 rings (SSSR count). The summed E-state index contributed by atoms with van der Waals surface area (Å²) >= 11 is 0. The molecule has 0 aliphatic carbocycles. The number of aryl methyl sites for hydroxylation is 1. The predicted octanol–water partition coefficient (Wildman–Crippen LogP) is 2.15. The van der Waals surface area contributed by atoms with Crippen molar-refractivity contribution in [3.05, 3.63) is 48.3 Å². The summed E-state index contributed by atoms with van der Waals surface area (Å²) in [4.78, 5) is 15.5. The summed E-state index contributed by atoms with van der Waals surface area (Å²) in [6, 6.07) is 4.14. The molecule has 1 aromatic carbocycles. The minimum Gasteiger partial charge on any atom is -0.336 e. The SMILES string of the molecule is Cc1ccc(F)c(NC(=O)NCCn2ccnc2)c1. The van der Waals surface area contributed by atoms with Crippen LogP contribution in [-0.4, -0.2) is 22.1 Å². The number of hydrogen-bond acceptors (Lipinski definition) is 2. The largest absolute Gasteiger partial charge is 0.336 e. The molecule has 0 bridgehead atoms. The molecule has 0 saturated carbocycles. The van der Waals surface area contributed by atoms with Gasteiger partial charge >= 0.3 is 6.03 Å². The van der Waals surface area contributed by atoms with Gasteiger partial charge < -0.3 is 15.2 Å². The maximum atomic E-state index is 13.4. The molecule has 0 aliphatic heterocycles. The third-order valence-corrected chi connectivity index (χ3v) is 2.58. The van der Waals surface area contributed by atoms with Gasteiger partial charge in [-0.15, -0.1) is 0 Å². The van der Waals surface area contributed by atoms with E-state index in [4.69, 9.17) is 0 Å². The van der Waals surface area contributed by atoms with Crippen LogP contribution in [-0.2, 0) is 6.54 Å². The fraction of sp³-hybridized carbons (Fsp3) is 0.231. The fourth-order valence-corrected chi connectivity index (χ4v) is 1.62. The number of rotatable bonds is 4. The number of halogens is 1. The first-order chi connectivity index (χ1) is 9.15. The quantitative estimate of drug-likeness (QED) is 0.887. The normalized spacial score (nSPS) is 10.2. The van der Waals surface area contributed by atoms with E-state index in [1.807, 2.05) is 11.5 Å². The Bertz CT molecular complexity index is 554. The number of urea groups is 1. The molecule has 2 aromatic rings. The van der Waals surface area contributed by atoms with E-state index >= 15 is 0 Å². The molecule has 0 atom stereocenters. The summed E-state index contributed by atoms with van der Waals surface area (Å²) in [6.45, 7) is 2.89. The van der Waals surface area contributed by atoms with Gasteiger partial charge in [0, 0.05) is 25.5 Å². The minimum absolute atomic E-state index is 0.181. The van der Waals surface area contributed by atoms with Crippen LogP contribution in [0.1, 0.15) is 5.56 Å². The lowest BCUT2D eigenvalue weighted by atomic mass is 10.2. The van der Waals surface area contributed by atoms with Crippen molar-refractivity contribution >= 4 is 11.7 Å². The standard InChI is InChI=1S/C13H15FN4O/c1-10-2-3-11(14)12(8-10)17-13(19)16-5-7-18-6-4-15-9-18/h2-4,6,8-9H,5,7H2,1H3,(H2,16,17,19). The molecular weight excluding hydrogens is 247 g/mol. The Morgan fingerprint density at radius 3 is 3.05 bits per heavy atom. The lowest BCUT2D eigenvalue weighted by Gasteiger charge is -2.09. The Kier molecular flexibility index (Phi) is 4.12. The molecule has 19 heavy (non-hydrogen) atoms. The Morgan fingerprint density at radius 2 is 2.32 bits per heavy atom. The Labute approximate surface area is 110 Å². The number of aromatic nitrogens is 2. The first kappa shape index (κ1) is 13.1. The van der Waals surface area contributed by atoms with Crippen molar-refractivity contribution in [2.24, 2.45) is 0 Å². The van der Waals surface area contributed by atoms with Gasteiger partial charge in [-0.25, -0.2) is 14.2 Å². The summed E-state index contributed by atoms with van der Waals surface area (Å²) in [5.41, 5.74) is 1.07. The predicted molar refractivity (Wildman–Crippen MR) is 70.4 cm³/mol. The molecule has 0 radical (unpaired) electrons. The number of benzene rings is 1. The maximum absolute atomic E-state index is 13.4. The van der Waals surface area contributed by atoms with Crippen LogP contribution in [0.3, 0.4) is 0 Å². The fourth-order valence-electron chi connectivity index (χ4n) is 1.62. The molecule has 0 fully saturated rings. The van der Waals surface area contributed by atoms with E-state index in [2.05, 4.69) is 15.6 Å². The van der Waals surface area contributed by atoms with Gasteiger partial charge in [-0.2, -0.15) is 0 Å². The summed E-state index contributed by atoms with van der Waals surface area (Å²) < 4.78 is 15.3. The monoisotopic (exact) mass is 262 g/mol. The van der Waals surface area contributed by atoms with Gasteiger partial charge in [0.1, 0.15) is 5.82 Å². The number of imidazole rings is 1. The third kappa shape index (κ3) is 3.80. The summed E-state index contributed by atoms with van der Waals surface area (Å²) in [6.07, 6.45) is 5.14. The summed E-state index contributed by atoms with van der Waals surface area (Å²) in [5, 5.41) is 5.13. The topological polar surface area (TPSA) is 59.0 Å². The van der Waals surface area contributed by atoms with Crippen LogP contribution < -0.4 is 10.6 Å². The van der Waals surface area contributed by atoms with Crippen LogP contribution in [0.5, 0.6) is 0 Å². The van der Waals surface area contributed by atoms with Crippen molar-refractivity contribution < 1.29 is 9.18 Å². The first-order valence-corrected chi connectivity index (χ1v) is 5.92. The highest BCUT2D eigenvalue weighted by molar-refractivity contribution is 5.89. The molecule has 0 aliphatic rings. The summed E-state index contributed by atoms with van der Waals surface area (Å²) in [5.74, 6) is -0.449. The molecule has 6 heteroatoms. The zero-order chi connectivity index (χ0) is 13.7. The van der Waals surface area contributed by atoms with Crippen molar-refractivity contribution in [2.45, 2.75) is 13.5 Å². The van der Waals surface area contributed by atoms with E-state index in [-0.39, 0.29) is 5.69 Å². The van der Waals surface area contributed by atoms with Gasteiger partial charge in [0.2, 0.25) is 0 Å². The van der Waals surface area contributed by atoms with Crippen molar-refractivity contribution in [3.63, 3.8) is 0 Å². The molecule has 0 spiro atoms. The van der Waals surface area contributed by atoms with Crippen molar-refractivity contribution in [3.8, 4) is 0 Å². The number of amides is 2. The van der Waals surface area contributed by atoms with Gasteiger partial charge in [-0.1, -0.05) is 6.07 Å². The summed E-state index contributed by atoms with van der Waals surface area (Å²) in [7, 11) is 0. The zero-order valence-corrected chi connectivity index (χ0v) is 10.6. The van der Waals surface area contributed by atoms with Crippen LogP contribution in [0.2, 0.25) is 0 Å². The van der Waals surface area contributed by atoms with Gasteiger partial charge in [-0.05, 0) is 24.6 Å². The van der Waals surface area contributed by atoms with E-state index in [1.54, 1.807) is 30.9 Å². The number of nitrogens with one attached hydrogen (secondary N) is 2. The van der Waals surface area contributed by atoms with Crippen molar-refractivity contribution in [2.75, 3.05) is 11.9 Å². The minimum atomic E-state index is -0.449. The highest BCUT2D eigenvalue weighted by Gasteiger charge is 2.06. The van der Waals surface area contributed by atoms with Crippen LogP contribution in [0.4, 0.5) is 14.9 Å². The Hall–Kier alpha value is -2.37. The number of carbonyl (C=O) groups is 1. The number of carbonyl (C=O) groups excluding carboxylic acids is 1. The molecule has 2 N–H and O–H groups in total. The lowest BCUT2D eigenvalue weighted by Crippen LogP contribution is -2.31. The number of hydrogen-bond donors (Lipinski definition) is 2. The van der Waals surface area contributed by atoms with Crippen molar-refractivity contribution in [1.29, 1.82) is 0 Å². The van der Waals surface area contributed by atoms with Gasteiger partial charge in [0.15, 0.2) is 0 Å². The molecule has 2 amide bonds. The van der Waals surface area contributed by atoms with E-state index < -0.39 is 11.8 Å². The lowest BCUT2D eigenvalue weighted by molar-refractivity contribution is 0.251. The zero-order valence-electron chi connectivity index (χ0n) is 10.6. The Morgan fingerprint density at radius 1 is 1.47 bits per heavy atom. The van der Waals surface area contributed by atoms with Gasteiger partial charge in [0.25, 0.3) is 0 Å². The van der Waals surface area contributed by atoms with E-state index in [0.717, 1.165) is 5.56 Å². The van der Waals surface area contributed by atoms with Gasteiger partial charge in [0.05, 0.1) is 12.0 Å². The maximum Gasteiger partial charge on any atom is 0.319 e. The molecular formula is C13H15FN4O. The van der Waals surface area contributed by atoms with E-state index in [1.165, 1.54) is 6.07 Å². The van der Waals surface area contributed by atoms with E-state index in [9.17, 15) is 9.18 Å². The van der Waals surface area contributed by atoms with Crippen LogP contribution in [0.15, 0.2) is 36.9 Å². The third-order valence-electron chi connectivity index (χ3n) is 2.58. The van der Waals surface area contributed by atoms with Crippen molar-refractivity contribution in [1.82, 2.24) is 14.9 Å². The molecule has 0 unspecified atom stereocenters. The molecule has 1 heterocycles. The smallest absolute Gasteiger partial charge is 0.319 e.